The second-order valence-corrected chi connectivity index (χ2v) is 8.46. The monoisotopic (exact) mass is 423 g/mol. The van der Waals surface area contributed by atoms with Crippen molar-refractivity contribution in [2.75, 3.05) is 37.7 Å². The number of anilines is 1. The lowest BCUT2D eigenvalue weighted by Crippen LogP contribution is -2.49. The molecule has 1 amide bonds. The van der Waals surface area contributed by atoms with E-state index in [0.29, 0.717) is 50.3 Å². The number of hydrogen-bond donors (Lipinski definition) is 0. The lowest BCUT2D eigenvalue weighted by Gasteiger charge is -2.35. The molecule has 3 heterocycles. The first kappa shape index (κ1) is 20.3. The van der Waals surface area contributed by atoms with E-state index < -0.39 is 0 Å². The third-order valence-corrected chi connectivity index (χ3v) is 5.72. The number of amides is 1. The molecule has 1 aliphatic heterocycles. The summed E-state index contributed by atoms with van der Waals surface area (Å²) in [5.74, 6) is 1.84. The van der Waals surface area contributed by atoms with Gasteiger partial charge in [-0.2, -0.15) is 0 Å². The molecule has 0 N–H and O–H groups in total. The summed E-state index contributed by atoms with van der Waals surface area (Å²) in [5, 5.41) is 2.72. The Morgan fingerprint density at radius 3 is 2.63 bits per heavy atom. The summed E-state index contributed by atoms with van der Waals surface area (Å²) in [6.07, 6.45) is 1.53. The van der Waals surface area contributed by atoms with Crippen molar-refractivity contribution in [3.63, 3.8) is 0 Å². The Bertz CT molecular complexity index is 984. The summed E-state index contributed by atoms with van der Waals surface area (Å²) in [7, 11) is 0. The topological polar surface area (TPSA) is 71.5 Å². The third-order valence-electron chi connectivity index (χ3n) is 4.83. The Labute approximate surface area is 180 Å². The van der Waals surface area contributed by atoms with Gasteiger partial charge in [-0.25, -0.2) is 15.0 Å². The van der Waals surface area contributed by atoms with Crippen molar-refractivity contribution in [1.82, 2.24) is 19.9 Å². The predicted molar refractivity (Wildman–Crippen MR) is 118 cm³/mol. The van der Waals surface area contributed by atoms with Gasteiger partial charge in [0.25, 0.3) is 5.91 Å². The summed E-state index contributed by atoms with van der Waals surface area (Å²) in [5.41, 5.74) is 1.55. The number of thiazole rings is 1. The van der Waals surface area contributed by atoms with Crippen molar-refractivity contribution in [2.24, 2.45) is 5.92 Å². The van der Waals surface area contributed by atoms with Gasteiger partial charge in [0.15, 0.2) is 0 Å². The maximum Gasteiger partial charge on any atom is 0.273 e. The minimum Gasteiger partial charge on any atom is -0.477 e. The van der Waals surface area contributed by atoms with Crippen LogP contribution in [0.4, 0.5) is 5.82 Å². The molecule has 0 radical (unpaired) electrons. The van der Waals surface area contributed by atoms with Crippen LogP contribution in [0.5, 0.6) is 5.88 Å². The maximum absolute atomic E-state index is 12.9. The summed E-state index contributed by atoms with van der Waals surface area (Å²) in [6, 6.07) is 11.8. The lowest BCUT2D eigenvalue weighted by molar-refractivity contribution is 0.0741. The fourth-order valence-electron chi connectivity index (χ4n) is 3.22. The van der Waals surface area contributed by atoms with Crippen molar-refractivity contribution in [2.45, 2.75) is 13.8 Å². The fourth-order valence-corrected chi connectivity index (χ4v) is 4.02. The highest BCUT2D eigenvalue weighted by molar-refractivity contribution is 7.13. The van der Waals surface area contributed by atoms with Crippen molar-refractivity contribution in [1.29, 1.82) is 0 Å². The number of carbonyl (C=O) groups is 1. The van der Waals surface area contributed by atoms with Gasteiger partial charge < -0.3 is 14.5 Å². The number of aromatic nitrogens is 3. The van der Waals surface area contributed by atoms with Crippen molar-refractivity contribution in [3.05, 3.63) is 53.8 Å². The van der Waals surface area contributed by atoms with Crippen LogP contribution in [0.25, 0.3) is 10.6 Å². The molecule has 0 unspecified atom stereocenters. The number of hydrogen-bond acceptors (Lipinski definition) is 7. The zero-order valence-electron chi connectivity index (χ0n) is 17.2. The highest BCUT2D eigenvalue weighted by atomic mass is 32.1. The van der Waals surface area contributed by atoms with Crippen LogP contribution >= 0.6 is 11.3 Å². The van der Waals surface area contributed by atoms with Crippen LogP contribution < -0.4 is 9.64 Å². The average molecular weight is 424 g/mol. The molecule has 0 saturated carbocycles. The Hall–Kier alpha value is -3.00. The molecule has 1 saturated heterocycles. The molecular formula is C22H25N5O2S. The minimum atomic E-state index is -0.0169. The van der Waals surface area contributed by atoms with E-state index in [1.807, 2.05) is 46.7 Å². The Morgan fingerprint density at radius 2 is 1.90 bits per heavy atom. The first-order valence-corrected chi connectivity index (χ1v) is 11.0. The molecule has 0 aliphatic carbocycles. The number of carbonyl (C=O) groups excluding carboxylic acids is 1. The van der Waals surface area contributed by atoms with Gasteiger partial charge in [0.2, 0.25) is 5.88 Å². The van der Waals surface area contributed by atoms with Gasteiger partial charge in [0, 0.05) is 43.2 Å². The van der Waals surface area contributed by atoms with E-state index in [1.165, 1.54) is 17.7 Å². The normalized spacial score (nSPS) is 14.2. The van der Waals surface area contributed by atoms with Crippen LogP contribution in [0, 0.1) is 5.92 Å². The third kappa shape index (κ3) is 4.76. The van der Waals surface area contributed by atoms with Crippen LogP contribution in [0.3, 0.4) is 0 Å². The van der Waals surface area contributed by atoms with Gasteiger partial charge in [-0.15, -0.1) is 11.3 Å². The smallest absolute Gasteiger partial charge is 0.273 e. The Kier molecular flexibility index (Phi) is 6.23. The fraction of sp³-hybridized carbons (Fsp3) is 0.364. The van der Waals surface area contributed by atoms with E-state index in [-0.39, 0.29) is 5.91 Å². The molecule has 1 aromatic carbocycles. The number of rotatable bonds is 6. The molecule has 156 valence electrons. The van der Waals surface area contributed by atoms with E-state index in [2.05, 4.69) is 33.7 Å². The van der Waals surface area contributed by atoms with E-state index in [0.717, 1.165) is 16.4 Å². The average Bonchev–Trinajstić information content (AvgIpc) is 3.28. The standard InChI is InChI=1S/C22H25N5O2S/c1-16(2)13-29-20-12-19(23-15-24-20)26-8-10-27(11-9-26)22(28)18-14-30-21(25-18)17-6-4-3-5-7-17/h3-7,12,14-16H,8-11,13H2,1-2H3. The molecule has 0 bridgehead atoms. The van der Waals surface area contributed by atoms with E-state index in [4.69, 9.17) is 4.74 Å². The molecule has 30 heavy (non-hydrogen) atoms. The van der Waals surface area contributed by atoms with Crippen molar-refractivity contribution < 1.29 is 9.53 Å². The van der Waals surface area contributed by atoms with Gasteiger partial charge in [0.05, 0.1) is 6.61 Å². The van der Waals surface area contributed by atoms with Gasteiger partial charge in [-0.1, -0.05) is 44.2 Å². The second kappa shape index (κ2) is 9.21. The summed E-state index contributed by atoms with van der Waals surface area (Å²) in [6.45, 7) is 7.50. The van der Waals surface area contributed by atoms with Gasteiger partial charge >= 0.3 is 0 Å². The molecule has 3 aromatic rings. The summed E-state index contributed by atoms with van der Waals surface area (Å²) < 4.78 is 5.71. The zero-order valence-corrected chi connectivity index (χ0v) is 18.0. The van der Waals surface area contributed by atoms with Crippen LogP contribution in [0.15, 0.2) is 48.1 Å². The number of nitrogens with zero attached hydrogens (tertiary/aromatic N) is 5. The van der Waals surface area contributed by atoms with Crippen LogP contribution in [0.1, 0.15) is 24.3 Å². The van der Waals surface area contributed by atoms with Crippen molar-refractivity contribution in [3.8, 4) is 16.5 Å². The van der Waals surface area contributed by atoms with Crippen LogP contribution in [-0.2, 0) is 0 Å². The second-order valence-electron chi connectivity index (χ2n) is 7.60. The Morgan fingerprint density at radius 1 is 1.13 bits per heavy atom. The van der Waals surface area contributed by atoms with E-state index in [1.54, 1.807) is 0 Å². The van der Waals surface area contributed by atoms with Crippen molar-refractivity contribution >= 4 is 23.1 Å². The number of piperazine rings is 1. The largest absolute Gasteiger partial charge is 0.477 e. The van der Waals surface area contributed by atoms with E-state index >= 15 is 0 Å². The molecule has 7 nitrogen and oxygen atoms in total. The predicted octanol–water partition coefficient (Wildman–Crippen LogP) is 3.60. The summed E-state index contributed by atoms with van der Waals surface area (Å²) in [4.78, 5) is 30.0. The van der Waals surface area contributed by atoms with Gasteiger partial charge in [-0.05, 0) is 5.92 Å². The van der Waals surface area contributed by atoms with Gasteiger partial charge in [0.1, 0.15) is 22.8 Å². The first-order valence-electron chi connectivity index (χ1n) is 10.1. The molecule has 1 aliphatic rings. The molecule has 8 heteroatoms. The molecule has 4 rings (SSSR count). The Balaban J connectivity index is 1.36. The number of benzene rings is 1. The van der Waals surface area contributed by atoms with Gasteiger partial charge in [-0.3, -0.25) is 4.79 Å². The highest BCUT2D eigenvalue weighted by Gasteiger charge is 2.25. The SMILES string of the molecule is CC(C)COc1cc(N2CCN(C(=O)c3csc(-c4ccccc4)n3)CC2)ncn1. The maximum atomic E-state index is 12.9. The quantitative estimate of drug-likeness (QED) is 0.603. The molecule has 1 fully saturated rings. The zero-order chi connectivity index (χ0) is 20.9. The summed E-state index contributed by atoms with van der Waals surface area (Å²) >= 11 is 1.50. The first-order chi connectivity index (χ1) is 14.6. The highest BCUT2D eigenvalue weighted by Crippen LogP contribution is 2.24. The minimum absolute atomic E-state index is 0.0169. The number of ether oxygens (including phenoxy) is 1. The molecule has 0 atom stereocenters. The molecular weight excluding hydrogens is 398 g/mol. The van der Waals surface area contributed by atoms with E-state index in [9.17, 15) is 4.79 Å². The van der Waals surface area contributed by atoms with Crippen LogP contribution in [0.2, 0.25) is 0 Å². The van der Waals surface area contributed by atoms with Crippen LogP contribution in [-0.4, -0.2) is 58.5 Å². The molecule has 0 spiro atoms. The lowest BCUT2D eigenvalue weighted by atomic mass is 10.2. The molecule has 2 aromatic heterocycles.